The first kappa shape index (κ1) is 12.3. The fraction of sp³-hybridized carbons (Fsp3) is 0.133. The maximum atomic E-state index is 11.8. The summed E-state index contributed by atoms with van der Waals surface area (Å²) in [6, 6.07) is 16.4. The lowest BCUT2D eigenvalue weighted by molar-refractivity contribution is 0.0734. The minimum atomic E-state index is -0.347. The number of carbonyl (C=O) groups is 1. The normalized spacial score (nSPS) is 10.1. The Kier molecular flexibility index (Phi) is 4.10. The third-order valence-electron chi connectivity index (χ3n) is 2.55. The van der Waals surface area contributed by atoms with E-state index in [9.17, 15) is 4.79 Å². The third-order valence-corrected chi connectivity index (χ3v) is 2.55. The standard InChI is InChI=1S/C15H15NO2/c16-10-9-12-5-4-8-14(11-12)18-15(17)13-6-2-1-3-7-13/h1-8,11H,9-10,16H2. The van der Waals surface area contributed by atoms with Gasteiger partial charge >= 0.3 is 5.97 Å². The van der Waals surface area contributed by atoms with Gasteiger partial charge in [0.25, 0.3) is 0 Å². The largest absolute Gasteiger partial charge is 0.423 e. The molecule has 2 rings (SSSR count). The van der Waals surface area contributed by atoms with Crippen LogP contribution in [-0.2, 0) is 6.42 Å². The molecule has 0 atom stereocenters. The number of rotatable bonds is 4. The van der Waals surface area contributed by atoms with Crippen LogP contribution in [0.4, 0.5) is 0 Å². The zero-order valence-corrected chi connectivity index (χ0v) is 10.0. The smallest absolute Gasteiger partial charge is 0.343 e. The summed E-state index contributed by atoms with van der Waals surface area (Å²) in [6.07, 6.45) is 0.775. The van der Waals surface area contributed by atoms with Crippen molar-refractivity contribution >= 4 is 5.97 Å². The van der Waals surface area contributed by atoms with Crippen LogP contribution in [0.25, 0.3) is 0 Å². The van der Waals surface area contributed by atoms with Gasteiger partial charge in [0.2, 0.25) is 0 Å². The van der Waals surface area contributed by atoms with Crippen molar-refractivity contribution in [3.05, 3.63) is 65.7 Å². The molecule has 0 unspecified atom stereocenters. The van der Waals surface area contributed by atoms with Gasteiger partial charge in [-0.2, -0.15) is 0 Å². The predicted octanol–water partition coefficient (Wildman–Crippen LogP) is 2.41. The molecule has 3 nitrogen and oxygen atoms in total. The van der Waals surface area contributed by atoms with E-state index in [-0.39, 0.29) is 5.97 Å². The number of hydrogen-bond donors (Lipinski definition) is 1. The first-order valence-corrected chi connectivity index (χ1v) is 5.86. The molecule has 2 aromatic rings. The molecular weight excluding hydrogens is 226 g/mol. The fourth-order valence-corrected chi connectivity index (χ4v) is 1.67. The van der Waals surface area contributed by atoms with Gasteiger partial charge in [0.15, 0.2) is 0 Å². The molecule has 18 heavy (non-hydrogen) atoms. The van der Waals surface area contributed by atoms with E-state index in [2.05, 4.69) is 0 Å². The molecule has 92 valence electrons. The highest BCUT2D eigenvalue weighted by atomic mass is 16.5. The van der Waals surface area contributed by atoms with Gasteiger partial charge < -0.3 is 10.5 Å². The summed E-state index contributed by atoms with van der Waals surface area (Å²) in [4.78, 5) is 11.8. The summed E-state index contributed by atoms with van der Waals surface area (Å²) in [7, 11) is 0. The van der Waals surface area contributed by atoms with Crippen LogP contribution in [-0.4, -0.2) is 12.5 Å². The highest BCUT2D eigenvalue weighted by Gasteiger charge is 2.07. The maximum absolute atomic E-state index is 11.8. The van der Waals surface area contributed by atoms with E-state index in [0.29, 0.717) is 17.9 Å². The zero-order valence-electron chi connectivity index (χ0n) is 10.0. The number of hydrogen-bond acceptors (Lipinski definition) is 3. The minimum absolute atomic E-state index is 0.347. The first-order valence-electron chi connectivity index (χ1n) is 5.86. The second-order valence-electron chi connectivity index (χ2n) is 3.94. The molecule has 0 aliphatic carbocycles. The number of ether oxygens (including phenoxy) is 1. The van der Waals surface area contributed by atoms with Crippen molar-refractivity contribution in [3.63, 3.8) is 0 Å². The van der Waals surface area contributed by atoms with Crippen molar-refractivity contribution in [1.82, 2.24) is 0 Å². The van der Waals surface area contributed by atoms with Crippen LogP contribution in [0.1, 0.15) is 15.9 Å². The highest BCUT2D eigenvalue weighted by Crippen LogP contribution is 2.15. The van der Waals surface area contributed by atoms with Gasteiger partial charge in [0, 0.05) is 0 Å². The SMILES string of the molecule is NCCc1cccc(OC(=O)c2ccccc2)c1. The molecule has 0 heterocycles. The molecule has 0 aliphatic rings. The van der Waals surface area contributed by atoms with Gasteiger partial charge in [0.05, 0.1) is 5.56 Å². The Morgan fingerprint density at radius 2 is 1.83 bits per heavy atom. The summed E-state index contributed by atoms with van der Waals surface area (Å²) in [5.74, 6) is 0.204. The average Bonchev–Trinajstić information content (AvgIpc) is 2.40. The van der Waals surface area contributed by atoms with E-state index in [1.807, 2.05) is 24.3 Å². The van der Waals surface area contributed by atoms with Gasteiger partial charge in [-0.25, -0.2) is 4.79 Å². The minimum Gasteiger partial charge on any atom is -0.423 e. The van der Waals surface area contributed by atoms with Crippen molar-refractivity contribution < 1.29 is 9.53 Å². The lowest BCUT2D eigenvalue weighted by atomic mass is 10.1. The molecule has 0 spiro atoms. The van der Waals surface area contributed by atoms with Crippen LogP contribution >= 0.6 is 0 Å². The van der Waals surface area contributed by atoms with E-state index in [4.69, 9.17) is 10.5 Å². The van der Waals surface area contributed by atoms with Crippen molar-refractivity contribution in [2.75, 3.05) is 6.54 Å². The second-order valence-corrected chi connectivity index (χ2v) is 3.94. The van der Waals surface area contributed by atoms with Gasteiger partial charge in [0.1, 0.15) is 5.75 Å². The highest BCUT2D eigenvalue weighted by molar-refractivity contribution is 5.90. The fourth-order valence-electron chi connectivity index (χ4n) is 1.67. The quantitative estimate of drug-likeness (QED) is 0.660. The van der Waals surface area contributed by atoms with Crippen LogP contribution < -0.4 is 10.5 Å². The third kappa shape index (κ3) is 3.18. The van der Waals surface area contributed by atoms with E-state index in [0.717, 1.165) is 12.0 Å². The van der Waals surface area contributed by atoms with Crippen molar-refractivity contribution in [2.24, 2.45) is 5.73 Å². The van der Waals surface area contributed by atoms with Crippen LogP contribution in [0.15, 0.2) is 54.6 Å². The molecule has 0 bridgehead atoms. The van der Waals surface area contributed by atoms with Gasteiger partial charge in [-0.1, -0.05) is 30.3 Å². The number of nitrogens with two attached hydrogens (primary N) is 1. The first-order chi connectivity index (χ1) is 8.79. The van der Waals surface area contributed by atoms with E-state index in [1.165, 1.54) is 0 Å². The molecule has 0 aliphatic heterocycles. The van der Waals surface area contributed by atoms with Gasteiger partial charge in [-0.3, -0.25) is 0 Å². The van der Waals surface area contributed by atoms with Crippen molar-refractivity contribution in [2.45, 2.75) is 6.42 Å². The summed E-state index contributed by atoms with van der Waals surface area (Å²) < 4.78 is 5.31. The Bertz CT molecular complexity index is 523. The lowest BCUT2D eigenvalue weighted by Gasteiger charge is -2.06. The van der Waals surface area contributed by atoms with Crippen molar-refractivity contribution in [3.8, 4) is 5.75 Å². The molecule has 0 aromatic heterocycles. The molecule has 0 radical (unpaired) electrons. The second kappa shape index (κ2) is 5.98. The Labute approximate surface area is 106 Å². The van der Waals surface area contributed by atoms with Crippen LogP contribution in [0.3, 0.4) is 0 Å². The van der Waals surface area contributed by atoms with Gasteiger partial charge in [-0.05, 0) is 42.8 Å². The Balaban J connectivity index is 2.10. The Morgan fingerprint density at radius 1 is 1.06 bits per heavy atom. The molecule has 0 amide bonds. The summed E-state index contributed by atoms with van der Waals surface area (Å²) in [6.45, 7) is 0.579. The van der Waals surface area contributed by atoms with Crippen LogP contribution in [0.5, 0.6) is 5.75 Å². The van der Waals surface area contributed by atoms with Crippen LogP contribution in [0.2, 0.25) is 0 Å². The summed E-state index contributed by atoms with van der Waals surface area (Å²) in [5, 5.41) is 0. The van der Waals surface area contributed by atoms with Gasteiger partial charge in [-0.15, -0.1) is 0 Å². The number of benzene rings is 2. The molecule has 0 fully saturated rings. The summed E-state index contributed by atoms with van der Waals surface area (Å²) >= 11 is 0. The van der Waals surface area contributed by atoms with E-state index in [1.54, 1.807) is 30.3 Å². The topological polar surface area (TPSA) is 52.3 Å². The summed E-state index contributed by atoms with van der Waals surface area (Å²) in [5.41, 5.74) is 7.10. The molecule has 3 heteroatoms. The molecule has 2 aromatic carbocycles. The molecule has 0 saturated heterocycles. The maximum Gasteiger partial charge on any atom is 0.343 e. The van der Waals surface area contributed by atoms with Crippen molar-refractivity contribution in [1.29, 1.82) is 0 Å². The van der Waals surface area contributed by atoms with E-state index >= 15 is 0 Å². The predicted molar refractivity (Wildman–Crippen MR) is 70.6 cm³/mol. The zero-order chi connectivity index (χ0) is 12.8. The molecular formula is C15H15NO2. The average molecular weight is 241 g/mol. The molecule has 2 N–H and O–H groups in total. The van der Waals surface area contributed by atoms with E-state index < -0.39 is 0 Å². The number of esters is 1. The van der Waals surface area contributed by atoms with Crippen LogP contribution in [0, 0.1) is 0 Å². The Morgan fingerprint density at radius 3 is 2.56 bits per heavy atom. The monoisotopic (exact) mass is 241 g/mol. The number of carbonyl (C=O) groups excluding carboxylic acids is 1. The molecule has 0 saturated carbocycles. The Hall–Kier alpha value is -2.13. The lowest BCUT2D eigenvalue weighted by Crippen LogP contribution is -2.08.